The Morgan fingerprint density at radius 1 is 1.19 bits per heavy atom. The van der Waals surface area contributed by atoms with Gasteiger partial charge in [0.15, 0.2) is 0 Å². The third-order valence-electron chi connectivity index (χ3n) is 8.05. The van der Waals surface area contributed by atoms with Crippen molar-refractivity contribution in [1.29, 1.82) is 0 Å². The lowest BCUT2D eigenvalue weighted by Gasteiger charge is -2.28. The Kier molecular flexibility index (Phi) is 8.86. The number of thiazole rings is 1. The molecule has 14 heteroatoms. The van der Waals surface area contributed by atoms with Crippen LogP contribution in [0.2, 0.25) is 5.28 Å². The van der Waals surface area contributed by atoms with Gasteiger partial charge in [0.1, 0.15) is 28.4 Å². The normalized spacial score (nSPS) is 20.3. The van der Waals surface area contributed by atoms with Crippen molar-refractivity contribution in [2.24, 2.45) is 5.92 Å². The number of halogens is 2. The number of anilines is 2. The number of nitrogens with two attached hydrogens (primary N) is 1. The van der Waals surface area contributed by atoms with Crippen molar-refractivity contribution in [1.82, 2.24) is 35.0 Å². The Labute approximate surface area is 256 Å². The first-order chi connectivity index (χ1) is 20.9. The van der Waals surface area contributed by atoms with Gasteiger partial charge in [-0.3, -0.25) is 5.10 Å². The molecule has 226 valence electrons. The summed E-state index contributed by atoms with van der Waals surface area (Å²) < 4.78 is 15.0. The van der Waals surface area contributed by atoms with Gasteiger partial charge in [0, 0.05) is 48.5 Å². The van der Waals surface area contributed by atoms with E-state index in [2.05, 4.69) is 35.4 Å². The van der Waals surface area contributed by atoms with E-state index in [0.717, 1.165) is 54.3 Å². The van der Waals surface area contributed by atoms with Crippen LogP contribution in [0.5, 0.6) is 0 Å². The van der Waals surface area contributed by atoms with Gasteiger partial charge in [0.05, 0.1) is 29.4 Å². The van der Waals surface area contributed by atoms with Crippen LogP contribution in [-0.2, 0) is 6.42 Å². The van der Waals surface area contributed by atoms with E-state index in [9.17, 15) is 14.6 Å². The zero-order chi connectivity index (χ0) is 29.9. The van der Waals surface area contributed by atoms with Crippen LogP contribution in [0.1, 0.15) is 24.4 Å². The summed E-state index contributed by atoms with van der Waals surface area (Å²) in [4.78, 5) is 15.2. The molecular formula is C29H33ClFN9O2S. The predicted octanol–water partition coefficient (Wildman–Crippen LogP) is 3.66. The van der Waals surface area contributed by atoms with Crippen molar-refractivity contribution in [3.05, 3.63) is 71.1 Å². The molecule has 4 atom stereocenters. The molecule has 0 bridgehead atoms. The molecule has 1 fully saturated rings. The van der Waals surface area contributed by atoms with Gasteiger partial charge in [-0.25, -0.2) is 14.4 Å². The van der Waals surface area contributed by atoms with Crippen molar-refractivity contribution in [2.45, 2.75) is 37.5 Å². The van der Waals surface area contributed by atoms with Crippen molar-refractivity contribution in [3.8, 4) is 10.6 Å². The number of H-pyrrole nitrogens is 1. The molecule has 4 aromatic heterocycles. The predicted molar refractivity (Wildman–Crippen MR) is 166 cm³/mol. The van der Waals surface area contributed by atoms with E-state index < -0.39 is 18.2 Å². The lowest BCUT2D eigenvalue weighted by Crippen LogP contribution is -2.37. The maximum atomic E-state index is 13.1. The minimum atomic E-state index is -1.03. The summed E-state index contributed by atoms with van der Waals surface area (Å²) in [7, 11) is 0. The average molecular weight is 626 g/mol. The number of aliphatic hydroxyl groups is 2. The molecule has 1 saturated carbocycles. The summed E-state index contributed by atoms with van der Waals surface area (Å²) in [5, 5.41) is 36.2. The quantitative estimate of drug-likeness (QED) is 0.103. The van der Waals surface area contributed by atoms with Gasteiger partial charge in [-0.2, -0.15) is 10.1 Å². The molecule has 6 N–H and O–H groups in total. The van der Waals surface area contributed by atoms with E-state index in [1.54, 1.807) is 24.5 Å². The first kappa shape index (κ1) is 29.5. The highest BCUT2D eigenvalue weighted by Gasteiger charge is 2.44. The number of hydrogen-bond donors (Lipinski definition) is 5. The second-order valence-corrected chi connectivity index (χ2v) is 12.0. The fraction of sp³-hybridized carbons (Fsp3) is 0.379. The van der Waals surface area contributed by atoms with Crippen LogP contribution in [0.4, 0.5) is 15.9 Å². The maximum Gasteiger partial charge on any atom is 0.226 e. The first-order valence-corrected chi connectivity index (χ1v) is 15.4. The number of nitrogens with one attached hydrogen (secondary N) is 2. The summed E-state index contributed by atoms with van der Waals surface area (Å²) in [6.07, 6.45) is 7.39. The number of fused-ring (bicyclic) bond motifs is 1. The largest absolute Gasteiger partial charge is 0.390 e. The molecule has 0 aliphatic heterocycles. The highest BCUT2D eigenvalue weighted by atomic mass is 35.5. The van der Waals surface area contributed by atoms with Crippen LogP contribution in [0, 0.1) is 11.7 Å². The lowest BCUT2D eigenvalue weighted by atomic mass is 10.0. The van der Waals surface area contributed by atoms with Gasteiger partial charge in [-0.15, -0.1) is 11.3 Å². The fourth-order valence-corrected chi connectivity index (χ4v) is 6.73. The molecule has 1 unspecified atom stereocenters. The fourth-order valence-electron chi connectivity index (χ4n) is 5.91. The number of aromatic amines is 1. The van der Waals surface area contributed by atoms with Gasteiger partial charge in [0.25, 0.3) is 0 Å². The Bertz CT molecular complexity index is 1630. The number of nitrogens with zero attached hydrogens (tertiary/aromatic N) is 6. The summed E-state index contributed by atoms with van der Waals surface area (Å²) in [5.74, 6) is -0.217. The van der Waals surface area contributed by atoms with Crippen LogP contribution >= 0.6 is 22.9 Å². The maximum absolute atomic E-state index is 13.1. The Morgan fingerprint density at radius 2 is 2.02 bits per heavy atom. The number of rotatable bonds is 12. The number of benzene rings is 1. The van der Waals surface area contributed by atoms with Gasteiger partial charge < -0.3 is 30.7 Å². The van der Waals surface area contributed by atoms with E-state index >= 15 is 0 Å². The minimum Gasteiger partial charge on any atom is -0.390 e. The van der Waals surface area contributed by atoms with Crippen molar-refractivity contribution < 1.29 is 14.6 Å². The van der Waals surface area contributed by atoms with Crippen LogP contribution in [0.3, 0.4) is 0 Å². The molecule has 43 heavy (non-hydrogen) atoms. The van der Waals surface area contributed by atoms with Crippen LogP contribution in [0.15, 0.2) is 54.4 Å². The summed E-state index contributed by atoms with van der Waals surface area (Å²) in [5.41, 5.74) is 9.54. The third kappa shape index (κ3) is 6.36. The summed E-state index contributed by atoms with van der Waals surface area (Å²) >= 11 is 7.66. The van der Waals surface area contributed by atoms with Crippen molar-refractivity contribution in [3.63, 3.8) is 0 Å². The average Bonchev–Trinajstić information content (AvgIpc) is 3.80. The molecule has 4 heterocycles. The molecule has 0 spiro atoms. The monoisotopic (exact) mass is 625 g/mol. The highest BCUT2D eigenvalue weighted by Crippen LogP contribution is 2.42. The van der Waals surface area contributed by atoms with E-state index in [1.807, 2.05) is 22.3 Å². The molecule has 1 aliphatic rings. The van der Waals surface area contributed by atoms with Crippen LogP contribution < -0.4 is 16.0 Å². The van der Waals surface area contributed by atoms with E-state index in [0.29, 0.717) is 24.0 Å². The molecule has 1 aromatic carbocycles. The first-order valence-electron chi connectivity index (χ1n) is 14.2. The highest BCUT2D eigenvalue weighted by molar-refractivity contribution is 7.13. The zero-order valence-corrected chi connectivity index (χ0v) is 24.8. The topological polar surface area (TPSA) is 154 Å². The van der Waals surface area contributed by atoms with Gasteiger partial charge >= 0.3 is 0 Å². The Morgan fingerprint density at radius 3 is 2.77 bits per heavy atom. The molecule has 0 amide bonds. The molecular weight excluding hydrogens is 593 g/mol. The second-order valence-electron chi connectivity index (χ2n) is 10.8. The third-order valence-corrected chi connectivity index (χ3v) is 9.03. The van der Waals surface area contributed by atoms with E-state index in [-0.39, 0.29) is 22.8 Å². The minimum absolute atomic E-state index is 0.0111. The molecule has 5 aromatic rings. The van der Waals surface area contributed by atoms with Crippen molar-refractivity contribution in [2.75, 3.05) is 36.8 Å². The molecule has 0 saturated heterocycles. The molecule has 0 radical (unpaired) electrons. The standard InChI is InChI=1S/C29H33ClFN9O2S/c30-29-37-26(32)23-21(28-34-9-11-43-28)16-40(27(23)38-29)22-12-18(24(41)25(22)42)15-39(20-13-35-36-14-20)10-1-7-33-8-6-17-2-4-19(31)5-3-17/h2-5,9,11,13-14,16,18,22,24-25,33,41-42H,1,6-8,10,12,15H2,(H,35,36)(H2,32,37,38)/t18?,22-,24-,25+/m1/s1. The van der Waals surface area contributed by atoms with Crippen LogP contribution in [0.25, 0.3) is 21.6 Å². The zero-order valence-electron chi connectivity index (χ0n) is 23.3. The van der Waals surface area contributed by atoms with Crippen molar-refractivity contribution >= 4 is 45.5 Å². The summed E-state index contributed by atoms with van der Waals surface area (Å²) in [6, 6.07) is 6.11. The van der Waals surface area contributed by atoms with Crippen LogP contribution in [-0.4, -0.2) is 78.3 Å². The second kappa shape index (κ2) is 12.9. The summed E-state index contributed by atoms with van der Waals surface area (Å²) in [6.45, 7) is 2.84. The Hall–Kier alpha value is -3.62. The van der Waals surface area contributed by atoms with Gasteiger partial charge in [0.2, 0.25) is 5.28 Å². The van der Waals surface area contributed by atoms with Gasteiger partial charge in [-0.1, -0.05) is 12.1 Å². The molecule has 1 aliphatic carbocycles. The molecule has 6 rings (SSSR count). The lowest BCUT2D eigenvalue weighted by molar-refractivity contribution is 0.00793. The number of hydrogen-bond acceptors (Lipinski definition) is 10. The SMILES string of the molecule is Nc1nc(Cl)nc2c1c(-c1nccs1)cn2[C@@H]1CC(CN(CCCNCCc2ccc(F)cc2)c2cn[nH]c2)[C@@H](O)[C@H]1O. The number of nitrogen functional groups attached to an aromatic ring is 1. The van der Waals surface area contributed by atoms with Gasteiger partial charge in [-0.05, 0) is 61.6 Å². The van der Waals surface area contributed by atoms with E-state index in [1.165, 1.54) is 23.5 Å². The van der Waals surface area contributed by atoms with E-state index in [4.69, 9.17) is 17.3 Å². The number of aromatic nitrogens is 6. The smallest absolute Gasteiger partial charge is 0.226 e. The number of aliphatic hydroxyl groups excluding tert-OH is 2. The molecule has 11 nitrogen and oxygen atoms in total. The Balaban J connectivity index is 1.14.